The van der Waals surface area contributed by atoms with E-state index >= 15 is 0 Å². The van der Waals surface area contributed by atoms with Crippen molar-refractivity contribution < 1.29 is 18.9 Å². The summed E-state index contributed by atoms with van der Waals surface area (Å²) in [6.45, 7) is 2.90. The normalized spacial score (nSPS) is 45.3. The molecule has 8 bridgehead atoms. The molecule has 2 aromatic rings. The van der Waals surface area contributed by atoms with Crippen LogP contribution in [0.2, 0.25) is 0 Å². The van der Waals surface area contributed by atoms with Crippen molar-refractivity contribution in [2.45, 2.75) is 100 Å². The second-order valence-corrected chi connectivity index (χ2v) is 16.0. The van der Waals surface area contributed by atoms with E-state index < -0.39 is 0 Å². The fraction of sp³-hybridized carbons (Fsp3) is 0.722. The molecule has 0 radical (unpaired) electrons. The third-order valence-corrected chi connectivity index (χ3v) is 12.9. The van der Waals surface area contributed by atoms with E-state index in [1.807, 2.05) is 0 Å². The maximum atomic E-state index is 6.53. The fourth-order valence-electron chi connectivity index (χ4n) is 12.0. The average molecular weight is 541 g/mol. The molecule has 2 saturated heterocycles. The molecule has 0 N–H and O–H groups in total. The Morgan fingerprint density at radius 2 is 1.02 bits per heavy atom. The standard InChI is InChI=1S/C36H44O4/c1-21-2-23-3-22(1)12-35(11-21,13-23)32-8-27-7-28(37-17-29-18-38-29)9-34(40-20-30-19-39-30)31(27)10-33(32)36-14-24-4-25(15-36)6-26(5-24)16-36/h7-10,21-26,29-30H,1-6,11-20H2. The molecule has 0 spiro atoms. The molecule has 4 heteroatoms. The van der Waals surface area contributed by atoms with Crippen LogP contribution >= 0.6 is 0 Å². The highest BCUT2D eigenvalue weighted by Crippen LogP contribution is 2.66. The summed E-state index contributed by atoms with van der Waals surface area (Å²) in [5, 5.41) is 2.62. The Balaban J connectivity index is 1.15. The van der Waals surface area contributed by atoms with Gasteiger partial charge in [-0.3, -0.25) is 0 Å². The highest BCUT2D eigenvalue weighted by atomic mass is 16.6. The summed E-state index contributed by atoms with van der Waals surface area (Å²) in [6, 6.07) is 9.82. The zero-order chi connectivity index (χ0) is 26.1. The third-order valence-electron chi connectivity index (χ3n) is 12.9. The first-order valence-electron chi connectivity index (χ1n) is 16.7. The Hall–Kier alpha value is -1.78. The summed E-state index contributed by atoms with van der Waals surface area (Å²) in [4.78, 5) is 0. The molecule has 2 aliphatic heterocycles. The van der Waals surface area contributed by atoms with Crippen LogP contribution in [0.1, 0.15) is 88.2 Å². The van der Waals surface area contributed by atoms with E-state index in [0.29, 0.717) is 24.0 Å². The monoisotopic (exact) mass is 540 g/mol. The predicted molar refractivity (Wildman–Crippen MR) is 154 cm³/mol. The fourth-order valence-corrected chi connectivity index (χ4v) is 12.0. The lowest BCUT2D eigenvalue weighted by atomic mass is 9.44. The zero-order valence-corrected chi connectivity index (χ0v) is 23.9. The lowest BCUT2D eigenvalue weighted by Crippen LogP contribution is -2.52. The summed E-state index contributed by atoms with van der Waals surface area (Å²) >= 11 is 0. The number of benzene rings is 2. The Morgan fingerprint density at radius 1 is 0.575 bits per heavy atom. The summed E-state index contributed by atoms with van der Waals surface area (Å²) in [7, 11) is 0. The van der Waals surface area contributed by atoms with Crippen LogP contribution in [-0.4, -0.2) is 38.6 Å². The SMILES string of the molecule is c1c(OCC2CO2)cc2cc(C34CC5CC(CC(C5)C3)C4)c(C34CC5CC(CC(C5)C3)C4)cc2c1OCC1CO1. The van der Waals surface area contributed by atoms with Crippen molar-refractivity contribution in [3.05, 3.63) is 35.4 Å². The highest BCUT2D eigenvalue weighted by molar-refractivity contribution is 5.92. The Morgan fingerprint density at radius 3 is 1.50 bits per heavy atom. The van der Waals surface area contributed by atoms with Gasteiger partial charge in [-0.05, 0) is 152 Å². The van der Waals surface area contributed by atoms with Crippen LogP contribution in [0.4, 0.5) is 0 Å². The summed E-state index contributed by atoms with van der Waals surface area (Å²) in [5.41, 5.74) is 4.30. The van der Waals surface area contributed by atoms with Crippen molar-refractivity contribution in [2.24, 2.45) is 35.5 Å². The van der Waals surface area contributed by atoms with Crippen molar-refractivity contribution in [3.8, 4) is 11.5 Å². The molecule has 0 aromatic heterocycles. The van der Waals surface area contributed by atoms with Crippen LogP contribution in [-0.2, 0) is 20.3 Å². The number of fused-ring (bicyclic) bond motifs is 1. The van der Waals surface area contributed by atoms with Crippen molar-refractivity contribution in [2.75, 3.05) is 26.4 Å². The van der Waals surface area contributed by atoms with Crippen LogP contribution in [0.5, 0.6) is 11.5 Å². The summed E-state index contributed by atoms with van der Waals surface area (Å²) in [6.07, 6.45) is 18.1. The molecule has 212 valence electrons. The van der Waals surface area contributed by atoms with E-state index in [2.05, 4.69) is 24.3 Å². The van der Waals surface area contributed by atoms with Gasteiger partial charge in [-0.1, -0.05) is 6.07 Å². The molecule has 4 nitrogen and oxygen atoms in total. The maximum absolute atomic E-state index is 6.53. The second-order valence-electron chi connectivity index (χ2n) is 16.0. The van der Waals surface area contributed by atoms with Crippen LogP contribution in [0, 0.1) is 35.5 Å². The molecule has 8 aliphatic carbocycles. The van der Waals surface area contributed by atoms with Crippen LogP contribution in [0.3, 0.4) is 0 Å². The Labute approximate surface area is 238 Å². The summed E-state index contributed by atoms with van der Waals surface area (Å²) < 4.78 is 23.8. The number of epoxide rings is 2. The van der Waals surface area contributed by atoms with E-state index in [1.165, 1.54) is 87.8 Å². The van der Waals surface area contributed by atoms with Gasteiger partial charge in [0.15, 0.2) is 0 Å². The molecule has 2 atom stereocenters. The van der Waals surface area contributed by atoms with Crippen LogP contribution < -0.4 is 9.47 Å². The quantitative estimate of drug-likeness (QED) is 0.329. The molecule has 40 heavy (non-hydrogen) atoms. The first-order chi connectivity index (χ1) is 19.6. The smallest absolute Gasteiger partial charge is 0.130 e. The second kappa shape index (κ2) is 8.40. The zero-order valence-electron chi connectivity index (χ0n) is 23.9. The molecule has 8 saturated carbocycles. The minimum Gasteiger partial charge on any atom is -0.491 e. The van der Waals surface area contributed by atoms with Gasteiger partial charge in [-0.25, -0.2) is 0 Å². The lowest BCUT2D eigenvalue weighted by Gasteiger charge is -2.61. The van der Waals surface area contributed by atoms with Crippen LogP contribution in [0.15, 0.2) is 24.3 Å². The Kier molecular flexibility index (Phi) is 4.99. The van der Waals surface area contributed by atoms with E-state index in [-0.39, 0.29) is 12.2 Å². The van der Waals surface area contributed by atoms with Gasteiger partial charge >= 0.3 is 0 Å². The van der Waals surface area contributed by atoms with E-state index in [0.717, 1.165) is 60.2 Å². The molecule has 2 aromatic carbocycles. The number of rotatable bonds is 8. The number of ether oxygens (including phenoxy) is 4. The van der Waals surface area contributed by atoms with Crippen molar-refractivity contribution in [1.82, 2.24) is 0 Å². The van der Waals surface area contributed by atoms with Gasteiger partial charge < -0.3 is 18.9 Å². The average Bonchev–Trinajstić information content (AvgIpc) is 3.84. The minimum atomic E-state index is 0.244. The van der Waals surface area contributed by atoms with Gasteiger partial charge in [0.25, 0.3) is 0 Å². The first-order valence-corrected chi connectivity index (χ1v) is 16.7. The molecule has 10 aliphatic rings. The van der Waals surface area contributed by atoms with Gasteiger partial charge in [0, 0.05) is 11.5 Å². The van der Waals surface area contributed by atoms with Crippen molar-refractivity contribution in [3.63, 3.8) is 0 Å². The molecular weight excluding hydrogens is 496 g/mol. The predicted octanol–water partition coefficient (Wildman–Crippen LogP) is 7.33. The molecule has 0 amide bonds. The number of hydrogen-bond acceptors (Lipinski definition) is 4. The molecular formula is C36H44O4. The number of hydrogen-bond donors (Lipinski definition) is 0. The lowest BCUT2D eigenvalue weighted by molar-refractivity contribution is -0.0173. The van der Waals surface area contributed by atoms with E-state index in [1.54, 1.807) is 11.1 Å². The van der Waals surface area contributed by atoms with E-state index in [9.17, 15) is 0 Å². The van der Waals surface area contributed by atoms with Gasteiger partial charge in [-0.15, -0.1) is 0 Å². The molecule has 12 rings (SSSR count). The molecule has 10 fully saturated rings. The van der Waals surface area contributed by atoms with Crippen LogP contribution in [0.25, 0.3) is 10.8 Å². The van der Waals surface area contributed by atoms with Gasteiger partial charge in [0.2, 0.25) is 0 Å². The third kappa shape index (κ3) is 3.84. The molecule has 2 heterocycles. The van der Waals surface area contributed by atoms with Gasteiger partial charge in [0.05, 0.1) is 13.2 Å². The first kappa shape index (κ1) is 23.7. The van der Waals surface area contributed by atoms with Gasteiger partial charge in [0.1, 0.15) is 36.9 Å². The van der Waals surface area contributed by atoms with Gasteiger partial charge in [-0.2, -0.15) is 0 Å². The van der Waals surface area contributed by atoms with Crippen molar-refractivity contribution >= 4 is 10.8 Å². The molecule has 2 unspecified atom stereocenters. The summed E-state index contributed by atoms with van der Waals surface area (Å²) in [5.74, 6) is 7.64. The topological polar surface area (TPSA) is 43.5 Å². The highest BCUT2D eigenvalue weighted by Gasteiger charge is 2.56. The minimum absolute atomic E-state index is 0.244. The maximum Gasteiger partial charge on any atom is 0.130 e. The van der Waals surface area contributed by atoms with E-state index in [4.69, 9.17) is 18.9 Å². The largest absolute Gasteiger partial charge is 0.491 e. The Bertz CT molecular complexity index is 1280. The van der Waals surface area contributed by atoms with Crippen molar-refractivity contribution in [1.29, 1.82) is 0 Å².